The van der Waals surface area contributed by atoms with Crippen LogP contribution in [0.1, 0.15) is 26.3 Å². The zero-order valence-electron chi connectivity index (χ0n) is 13.4. The van der Waals surface area contributed by atoms with E-state index in [0.29, 0.717) is 5.75 Å². The Balaban J connectivity index is 2.40. The van der Waals surface area contributed by atoms with Gasteiger partial charge in [0.25, 0.3) is 0 Å². The average Bonchev–Trinajstić information content (AvgIpc) is 2.92. The highest BCUT2D eigenvalue weighted by Crippen LogP contribution is 2.12. The van der Waals surface area contributed by atoms with Crippen molar-refractivity contribution in [3.63, 3.8) is 0 Å². The number of alkyl carbamates (subject to hydrolysis) is 1. The van der Waals surface area contributed by atoms with Crippen molar-refractivity contribution in [3.8, 4) is 0 Å². The zero-order valence-corrected chi connectivity index (χ0v) is 15.0. The van der Waals surface area contributed by atoms with Crippen LogP contribution in [0.2, 0.25) is 0 Å². The largest absolute Gasteiger partial charge is 0.467 e. The molecule has 0 bridgehead atoms. The summed E-state index contributed by atoms with van der Waals surface area (Å²) < 4.78 is 9.89. The molecule has 7 heteroatoms. The van der Waals surface area contributed by atoms with Crippen LogP contribution in [-0.2, 0) is 20.7 Å². The topological polar surface area (TPSA) is 64.6 Å². The summed E-state index contributed by atoms with van der Waals surface area (Å²) in [5.74, 6) is 0.866. The minimum absolute atomic E-state index is 0.454. The summed E-state index contributed by atoms with van der Waals surface area (Å²) in [5, 5.41) is 6.71. The summed E-state index contributed by atoms with van der Waals surface area (Å²) in [6.45, 7) is 5.32. The summed E-state index contributed by atoms with van der Waals surface area (Å²) in [6.07, 6.45) is 0.329. The first-order chi connectivity index (χ1) is 10.3. The van der Waals surface area contributed by atoms with Crippen LogP contribution in [0.5, 0.6) is 0 Å². The molecule has 0 spiro atoms. The molecule has 1 N–H and O–H groups in total. The van der Waals surface area contributed by atoms with E-state index >= 15 is 0 Å². The SMILES string of the molecule is COC(=O)C(CSCCc1ccsc1)NC(=O)OC(C)(C)C. The molecule has 0 aliphatic heterocycles. The van der Waals surface area contributed by atoms with E-state index in [4.69, 9.17) is 9.47 Å². The number of carbonyl (C=O) groups excluding carboxylic acids is 2. The fourth-order valence-corrected chi connectivity index (χ4v) is 3.29. The minimum Gasteiger partial charge on any atom is -0.467 e. The van der Waals surface area contributed by atoms with Crippen molar-refractivity contribution in [1.82, 2.24) is 5.32 Å². The number of rotatable bonds is 7. The highest BCUT2D eigenvalue weighted by molar-refractivity contribution is 7.99. The summed E-state index contributed by atoms with van der Waals surface area (Å²) in [6, 6.07) is 1.38. The van der Waals surface area contributed by atoms with E-state index in [1.807, 2.05) is 5.38 Å². The second-order valence-corrected chi connectivity index (χ2v) is 7.61. The maximum absolute atomic E-state index is 11.8. The van der Waals surface area contributed by atoms with E-state index in [1.165, 1.54) is 12.7 Å². The molecule has 0 fully saturated rings. The van der Waals surface area contributed by atoms with E-state index in [9.17, 15) is 9.59 Å². The summed E-state index contributed by atoms with van der Waals surface area (Å²) in [7, 11) is 1.31. The highest BCUT2D eigenvalue weighted by Gasteiger charge is 2.24. The molecule has 0 aromatic carbocycles. The molecule has 0 saturated carbocycles. The molecule has 22 heavy (non-hydrogen) atoms. The van der Waals surface area contributed by atoms with Crippen molar-refractivity contribution in [1.29, 1.82) is 0 Å². The molecule has 1 aromatic rings. The number of aryl methyl sites for hydroxylation is 1. The van der Waals surface area contributed by atoms with Crippen molar-refractivity contribution in [2.45, 2.75) is 38.8 Å². The van der Waals surface area contributed by atoms with Gasteiger partial charge in [0.1, 0.15) is 11.6 Å². The molecule has 1 amide bonds. The maximum atomic E-state index is 11.8. The first kappa shape index (κ1) is 18.8. The Hall–Kier alpha value is -1.21. The molecular weight excluding hydrogens is 322 g/mol. The van der Waals surface area contributed by atoms with Crippen LogP contribution >= 0.6 is 23.1 Å². The van der Waals surface area contributed by atoms with Gasteiger partial charge >= 0.3 is 12.1 Å². The molecule has 1 atom stereocenters. The molecular formula is C15H23NO4S2. The molecule has 0 saturated heterocycles. The molecule has 1 heterocycles. The Morgan fingerprint density at radius 3 is 2.68 bits per heavy atom. The van der Waals surface area contributed by atoms with Crippen LogP contribution in [-0.4, -0.2) is 42.3 Å². The monoisotopic (exact) mass is 345 g/mol. The second kappa shape index (κ2) is 9.05. The number of nitrogens with one attached hydrogen (secondary N) is 1. The smallest absolute Gasteiger partial charge is 0.408 e. The summed E-state index contributed by atoms with van der Waals surface area (Å²) >= 11 is 3.27. The molecule has 124 valence electrons. The standard InChI is InChI=1S/C15H23NO4S2/c1-15(2,3)20-14(18)16-12(13(17)19-4)10-22-8-6-11-5-7-21-9-11/h5,7,9,12H,6,8,10H2,1-4H3,(H,16,18). The Kier molecular flexibility index (Phi) is 7.75. The molecule has 1 rings (SSSR count). The lowest BCUT2D eigenvalue weighted by Crippen LogP contribution is -2.45. The van der Waals surface area contributed by atoms with E-state index in [0.717, 1.165) is 12.2 Å². The molecule has 5 nitrogen and oxygen atoms in total. The quantitative estimate of drug-likeness (QED) is 0.608. The van der Waals surface area contributed by atoms with Gasteiger partial charge in [0.15, 0.2) is 0 Å². The van der Waals surface area contributed by atoms with Gasteiger partial charge in [0.2, 0.25) is 0 Å². The van der Waals surface area contributed by atoms with Crippen molar-refractivity contribution in [3.05, 3.63) is 22.4 Å². The van der Waals surface area contributed by atoms with Gasteiger partial charge in [0.05, 0.1) is 7.11 Å². The Bertz CT molecular complexity index is 468. The van der Waals surface area contributed by atoms with Crippen molar-refractivity contribution in [2.75, 3.05) is 18.6 Å². The Morgan fingerprint density at radius 2 is 2.14 bits per heavy atom. The lowest BCUT2D eigenvalue weighted by Gasteiger charge is -2.22. The predicted molar refractivity (Wildman–Crippen MR) is 90.5 cm³/mol. The van der Waals surface area contributed by atoms with Crippen LogP contribution in [0.25, 0.3) is 0 Å². The molecule has 0 radical (unpaired) electrons. The number of amides is 1. The second-order valence-electron chi connectivity index (χ2n) is 5.68. The number of thiophene rings is 1. The van der Waals surface area contributed by atoms with Gasteiger partial charge < -0.3 is 14.8 Å². The lowest BCUT2D eigenvalue weighted by atomic mass is 10.2. The zero-order chi connectivity index (χ0) is 16.6. The summed E-state index contributed by atoms with van der Waals surface area (Å²) in [4.78, 5) is 23.5. The van der Waals surface area contributed by atoms with Gasteiger partial charge in [-0.1, -0.05) is 0 Å². The van der Waals surface area contributed by atoms with Gasteiger partial charge in [-0.15, -0.1) is 0 Å². The van der Waals surface area contributed by atoms with Gasteiger partial charge in [-0.3, -0.25) is 0 Å². The third kappa shape index (κ3) is 7.70. The Morgan fingerprint density at radius 1 is 1.41 bits per heavy atom. The molecule has 1 unspecified atom stereocenters. The van der Waals surface area contributed by atoms with Crippen molar-refractivity contribution in [2.24, 2.45) is 0 Å². The average molecular weight is 345 g/mol. The van der Waals surface area contributed by atoms with Crippen molar-refractivity contribution >= 4 is 35.2 Å². The number of carbonyl (C=O) groups is 2. The normalized spacial score (nSPS) is 12.5. The van der Waals surface area contributed by atoms with Crippen molar-refractivity contribution < 1.29 is 19.1 Å². The third-order valence-electron chi connectivity index (χ3n) is 2.58. The van der Waals surface area contributed by atoms with E-state index < -0.39 is 23.7 Å². The van der Waals surface area contributed by atoms with E-state index in [-0.39, 0.29) is 0 Å². The highest BCUT2D eigenvalue weighted by atomic mass is 32.2. The molecule has 0 aliphatic rings. The number of ether oxygens (including phenoxy) is 2. The van der Waals surface area contributed by atoms with Crippen LogP contribution in [0, 0.1) is 0 Å². The van der Waals surface area contributed by atoms with E-state index in [2.05, 4.69) is 16.8 Å². The first-order valence-corrected chi connectivity index (χ1v) is 9.07. The fraction of sp³-hybridized carbons (Fsp3) is 0.600. The summed E-state index contributed by atoms with van der Waals surface area (Å²) in [5.41, 5.74) is 0.684. The van der Waals surface area contributed by atoms with Gasteiger partial charge in [-0.2, -0.15) is 23.1 Å². The third-order valence-corrected chi connectivity index (χ3v) is 4.37. The first-order valence-electron chi connectivity index (χ1n) is 6.98. The van der Waals surface area contributed by atoms with Crippen LogP contribution < -0.4 is 5.32 Å². The minimum atomic E-state index is -0.702. The molecule has 1 aromatic heterocycles. The maximum Gasteiger partial charge on any atom is 0.408 e. The predicted octanol–water partition coefficient (Wildman–Crippen LogP) is 3.09. The fourth-order valence-electron chi connectivity index (χ4n) is 1.59. The number of methoxy groups -OCH3 is 1. The van der Waals surface area contributed by atoms with Gasteiger partial charge in [-0.05, 0) is 55.3 Å². The van der Waals surface area contributed by atoms with Gasteiger partial charge in [0, 0.05) is 5.75 Å². The van der Waals surface area contributed by atoms with Crippen LogP contribution in [0.15, 0.2) is 16.8 Å². The lowest BCUT2D eigenvalue weighted by molar-refractivity contribution is -0.142. The number of hydrogen-bond donors (Lipinski definition) is 1. The number of esters is 1. The van der Waals surface area contributed by atoms with Crippen LogP contribution in [0.3, 0.4) is 0 Å². The Labute approximate surface area is 139 Å². The van der Waals surface area contributed by atoms with Gasteiger partial charge in [-0.25, -0.2) is 9.59 Å². The van der Waals surface area contributed by atoms with E-state index in [1.54, 1.807) is 43.9 Å². The van der Waals surface area contributed by atoms with Crippen LogP contribution in [0.4, 0.5) is 4.79 Å². The molecule has 0 aliphatic carbocycles. The number of thioether (sulfide) groups is 1. The number of hydrogen-bond acceptors (Lipinski definition) is 6.